The van der Waals surface area contributed by atoms with Gasteiger partial charge in [0.2, 0.25) is 0 Å². The maximum absolute atomic E-state index is 12.2. The van der Waals surface area contributed by atoms with E-state index in [9.17, 15) is 9.59 Å². The molecule has 0 aliphatic carbocycles. The molecule has 134 valence electrons. The van der Waals surface area contributed by atoms with E-state index in [0.717, 1.165) is 22.1 Å². The number of hydrogen-bond donors (Lipinski definition) is 0. The summed E-state index contributed by atoms with van der Waals surface area (Å²) in [5.41, 5.74) is 2.60. The molecule has 2 aromatic rings. The van der Waals surface area contributed by atoms with Crippen LogP contribution in [0.5, 0.6) is 0 Å². The SMILES string of the molecule is Cc1ccc2c(CC(=O)OCC(=O)N3C[C@@H](C)O[C@@H](C)C3)coc2c1. The molecule has 25 heavy (non-hydrogen) atoms. The number of fused-ring (bicyclic) bond motifs is 1. The Morgan fingerprint density at radius 2 is 1.96 bits per heavy atom. The van der Waals surface area contributed by atoms with Crippen LogP contribution in [0.15, 0.2) is 28.9 Å². The number of hydrogen-bond acceptors (Lipinski definition) is 5. The fraction of sp³-hybridized carbons (Fsp3) is 0.474. The van der Waals surface area contributed by atoms with Crippen LogP contribution in [0, 0.1) is 6.92 Å². The minimum Gasteiger partial charge on any atom is -0.464 e. The Bertz CT molecular complexity index is 771. The van der Waals surface area contributed by atoms with Crippen molar-refractivity contribution in [2.45, 2.75) is 39.4 Å². The third-order valence-corrected chi connectivity index (χ3v) is 4.27. The molecule has 2 atom stereocenters. The van der Waals surface area contributed by atoms with E-state index in [4.69, 9.17) is 13.9 Å². The number of rotatable bonds is 4. The van der Waals surface area contributed by atoms with E-state index in [0.29, 0.717) is 13.1 Å². The van der Waals surface area contributed by atoms with Gasteiger partial charge in [0, 0.05) is 24.0 Å². The average Bonchev–Trinajstić information content (AvgIpc) is 2.93. The molecule has 1 saturated heterocycles. The molecule has 1 aliphatic heterocycles. The molecule has 0 N–H and O–H groups in total. The number of nitrogens with zero attached hydrogens (tertiary/aromatic N) is 1. The number of carbonyl (C=O) groups is 2. The summed E-state index contributed by atoms with van der Waals surface area (Å²) in [5.74, 6) is -0.631. The second-order valence-corrected chi connectivity index (χ2v) is 6.65. The molecule has 0 spiro atoms. The van der Waals surface area contributed by atoms with Gasteiger partial charge in [0.25, 0.3) is 5.91 Å². The van der Waals surface area contributed by atoms with E-state index >= 15 is 0 Å². The molecule has 3 rings (SSSR count). The molecule has 1 aromatic carbocycles. The quantitative estimate of drug-likeness (QED) is 0.796. The largest absolute Gasteiger partial charge is 0.464 e. The first-order chi connectivity index (χ1) is 11.9. The van der Waals surface area contributed by atoms with E-state index in [-0.39, 0.29) is 31.1 Å². The Labute approximate surface area is 146 Å². The maximum atomic E-state index is 12.2. The van der Waals surface area contributed by atoms with Crippen LogP contribution >= 0.6 is 0 Å². The molecular weight excluding hydrogens is 322 g/mol. The first-order valence-corrected chi connectivity index (χ1v) is 8.48. The number of ether oxygens (including phenoxy) is 2. The Kier molecular flexibility index (Phi) is 5.08. The van der Waals surface area contributed by atoms with E-state index < -0.39 is 5.97 Å². The second kappa shape index (κ2) is 7.27. The predicted octanol–water partition coefficient (Wildman–Crippen LogP) is 2.46. The number of benzene rings is 1. The zero-order valence-corrected chi connectivity index (χ0v) is 14.8. The molecule has 0 radical (unpaired) electrons. The molecule has 6 nitrogen and oxygen atoms in total. The minimum absolute atomic E-state index is 0.0100. The summed E-state index contributed by atoms with van der Waals surface area (Å²) in [5, 5.41) is 0.893. The summed E-state index contributed by atoms with van der Waals surface area (Å²) < 4.78 is 16.2. The van der Waals surface area contributed by atoms with Crippen molar-refractivity contribution in [3.05, 3.63) is 35.6 Å². The molecule has 1 fully saturated rings. The van der Waals surface area contributed by atoms with E-state index in [1.807, 2.05) is 39.0 Å². The first-order valence-electron chi connectivity index (χ1n) is 8.48. The van der Waals surface area contributed by atoms with Crippen molar-refractivity contribution in [3.63, 3.8) is 0 Å². The predicted molar refractivity (Wildman–Crippen MR) is 92.2 cm³/mol. The van der Waals surface area contributed by atoms with Crippen molar-refractivity contribution in [2.75, 3.05) is 19.7 Å². The number of morpholine rings is 1. The van der Waals surface area contributed by atoms with Gasteiger partial charge in [0.15, 0.2) is 6.61 Å². The Balaban J connectivity index is 1.54. The number of aryl methyl sites for hydroxylation is 1. The van der Waals surface area contributed by atoms with Crippen LogP contribution in [0.25, 0.3) is 11.0 Å². The molecule has 2 heterocycles. The Morgan fingerprint density at radius 1 is 1.24 bits per heavy atom. The van der Waals surface area contributed by atoms with E-state index in [1.165, 1.54) is 0 Å². The highest BCUT2D eigenvalue weighted by atomic mass is 16.5. The normalized spacial score (nSPS) is 20.7. The third-order valence-electron chi connectivity index (χ3n) is 4.27. The monoisotopic (exact) mass is 345 g/mol. The maximum Gasteiger partial charge on any atom is 0.310 e. The average molecular weight is 345 g/mol. The van der Waals surface area contributed by atoms with Gasteiger partial charge in [-0.3, -0.25) is 9.59 Å². The van der Waals surface area contributed by atoms with Crippen LogP contribution in [0.2, 0.25) is 0 Å². The van der Waals surface area contributed by atoms with Gasteiger partial charge < -0.3 is 18.8 Å². The Hall–Kier alpha value is -2.34. The van der Waals surface area contributed by atoms with Crippen molar-refractivity contribution in [2.24, 2.45) is 0 Å². The zero-order chi connectivity index (χ0) is 18.0. The van der Waals surface area contributed by atoms with Gasteiger partial charge in [-0.15, -0.1) is 0 Å². The van der Waals surface area contributed by atoms with Crippen LogP contribution in [0.1, 0.15) is 25.0 Å². The van der Waals surface area contributed by atoms with Crippen molar-refractivity contribution in [1.82, 2.24) is 4.90 Å². The molecule has 0 saturated carbocycles. The summed E-state index contributed by atoms with van der Waals surface area (Å²) in [6.45, 7) is 6.63. The van der Waals surface area contributed by atoms with Crippen LogP contribution in [0.4, 0.5) is 0 Å². The summed E-state index contributed by atoms with van der Waals surface area (Å²) >= 11 is 0. The highest BCUT2D eigenvalue weighted by Crippen LogP contribution is 2.23. The standard InChI is InChI=1S/C19H23NO5/c1-12-4-5-16-15(10-23-17(16)6-12)7-19(22)24-11-18(21)20-8-13(2)25-14(3)9-20/h4-6,10,13-14H,7-9,11H2,1-3H3/t13-,14+. The first kappa shape index (κ1) is 17.5. The topological polar surface area (TPSA) is 69.0 Å². The summed E-state index contributed by atoms with van der Waals surface area (Å²) in [6, 6.07) is 5.82. The van der Waals surface area contributed by atoms with Crippen molar-refractivity contribution < 1.29 is 23.5 Å². The summed E-state index contributed by atoms with van der Waals surface area (Å²) in [4.78, 5) is 26.0. The van der Waals surface area contributed by atoms with Crippen molar-refractivity contribution >= 4 is 22.8 Å². The third kappa shape index (κ3) is 4.20. The lowest BCUT2D eigenvalue weighted by Crippen LogP contribution is -2.49. The number of furan rings is 1. The van der Waals surface area contributed by atoms with Crippen molar-refractivity contribution in [3.8, 4) is 0 Å². The van der Waals surface area contributed by atoms with Gasteiger partial charge in [-0.2, -0.15) is 0 Å². The minimum atomic E-state index is -0.439. The zero-order valence-electron chi connectivity index (χ0n) is 14.8. The summed E-state index contributed by atoms with van der Waals surface area (Å²) in [7, 11) is 0. The van der Waals surface area contributed by atoms with Crippen LogP contribution in [-0.2, 0) is 25.5 Å². The lowest BCUT2D eigenvalue weighted by Gasteiger charge is -2.35. The van der Waals surface area contributed by atoms with Gasteiger partial charge in [-0.1, -0.05) is 12.1 Å². The van der Waals surface area contributed by atoms with E-state index in [2.05, 4.69) is 0 Å². The van der Waals surface area contributed by atoms with Crippen LogP contribution in [0.3, 0.4) is 0 Å². The van der Waals surface area contributed by atoms with Crippen molar-refractivity contribution in [1.29, 1.82) is 0 Å². The second-order valence-electron chi connectivity index (χ2n) is 6.65. The molecule has 1 aliphatic rings. The van der Waals surface area contributed by atoms with Gasteiger partial charge in [0.05, 0.1) is 24.9 Å². The fourth-order valence-corrected chi connectivity index (χ4v) is 3.15. The lowest BCUT2D eigenvalue weighted by atomic mass is 10.1. The highest BCUT2D eigenvalue weighted by Gasteiger charge is 2.26. The Morgan fingerprint density at radius 3 is 2.68 bits per heavy atom. The molecule has 1 amide bonds. The smallest absolute Gasteiger partial charge is 0.310 e. The van der Waals surface area contributed by atoms with Gasteiger partial charge in [-0.05, 0) is 32.4 Å². The van der Waals surface area contributed by atoms with Gasteiger partial charge in [0.1, 0.15) is 5.58 Å². The molecular formula is C19H23NO5. The van der Waals surface area contributed by atoms with Gasteiger partial charge in [-0.25, -0.2) is 0 Å². The molecule has 1 aromatic heterocycles. The molecule has 0 unspecified atom stereocenters. The lowest BCUT2D eigenvalue weighted by molar-refractivity contribution is -0.156. The fourth-order valence-electron chi connectivity index (χ4n) is 3.15. The van der Waals surface area contributed by atoms with E-state index in [1.54, 1.807) is 11.2 Å². The number of esters is 1. The highest BCUT2D eigenvalue weighted by molar-refractivity contribution is 5.87. The summed E-state index contributed by atoms with van der Waals surface area (Å²) in [6.07, 6.45) is 1.63. The molecule has 6 heteroatoms. The van der Waals surface area contributed by atoms with Crippen LogP contribution in [-0.4, -0.2) is 48.7 Å². The van der Waals surface area contributed by atoms with Crippen LogP contribution < -0.4 is 0 Å². The number of carbonyl (C=O) groups excluding carboxylic acids is 2. The van der Waals surface area contributed by atoms with Gasteiger partial charge >= 0.3 is 5.97 Å². The molecule has 0 bridgehead atoms. The number of amides is 1.